The maximum absolute atomic E-state index is 12.3. The molecule has 13 heteroatoms. The highest BCUT2D eigenvalue weighted by Gasteiger charge is 2.42. The predicted octanol–water partition coefficient (Wildman–Crippen LogP) is 4.05. The summed E-state index contributed by atoms with van der Waals surface area (Å²) in [6.07, 6.45) is 6.79. The molecule has 2 bridgehead atoms. The molecule has 5 atom stereocenters. The summed E-state index contributed by atoms with van der Waals surface area (Å²) in [5.74, 6) is 2.22. The number of aliphatic hydroxyl groups excluding tert-OH is 1. The highest BCUT2D eigenvalue weighted by atomic mass is 32.2. The largest absolute Gasteiger partial charge is 0.497 e. The monoisotopic (exact) mass is 634 g/mol. The molecule has 3 fully saturated rings. The van der Waals surface area contributed by atoms with Gasteiger partial charge in [-0.05, 0) is 85.3 Å². The number of aromatic nitrogens is 3. The average Bonchev–Trinajstić information content (AvgIpc) is 3.07. The van der Waals surface area contributed by atoms with Gasteiger partial charge in [-0.1, -0.05) is 6.08 Å². The zero-order valence-electron chi connectivity index (χ0n) is 25.5. The third kappa shape index (κ3) is 6.80. The summed E-state index contributed by atoms with van der Waals surface area (Å²) < 4.78 is 42.3. The Bertz CT molecular complexity index is 1750. The molecule has 2 aromatic carbocycles. The fourth-order valence-corrected chi connectivity index (χ4v) is 7.05. The van der Waals surface area contributed by atoms with Crippen LogP contribution >= 0.6 is 0 Å². The van der Waals surface area contributed by atoms with E-state index < -0.39 is 16.1 Å². The van der Waals surface area contributed by atoms with E-state index in [9.17, 15) is 13.5 Å². The van der Waals surface area contributed by atoms with E-state index in [0.717, 1.165) is 41.7 Å². The molecule has 45 heavy (non-hydrogen) atoms. The first-order valence-electron chi connectivity index (χ1n) is 14.5. The Labute approximate surface area is 262 Å². The van der Waals surface area contributed by atoms with Crippen molar-refractivity contribution >= 4 is 32.4 Å². The number of aliphatic hydroxyl groups is 1. The number of fused-ring (bicyclic) bond motifs is 4. The minimum atomic E-state index is -3.82. The Morgan fingerprint density at radius 1 is 1.07 bits per heavy atom. The lowest BCUT2D eigenvalue weighted by molar-refractivity contribution is -0.0444. The molecule has 0 spiro atoms. The molecule has 2 aromatic heterocycles. The van der Waals surface area contributed by atoms with Crippen molar-refractivity contribution in [2.45, 2.75) is 29.9 Å². The van der Waals surface area contributed by atoms with Gasteiger partial charge in [0.25, 0.3) is 15.9 Å². The number of hydrogen-bond donors (Lipinski definition) is 3. The summed E-state index contributed by atoms with van der Waals surface area (Å²) in [4.78, 5) is 14.6. The van der Waals surface area contributed by atoms with Crippen molar-refractivity contribution in [1.29, 1.82) is 0 Å². The van der Waals surface area contributed by atoms with E-state index in [0.29, 0.717) is 17.5 Å². The number of ether oxygens (including phenoxy) is 3. The van der Waals surface area contributed by atoms with Crippen LogP contribution in [0.4, 0.5) is 11.5 Å². The lowest BCUT2D eigenvalue weighted by atomic mass is 9.73. The third-order valence-corrected chi connectivity index (χ3v) is 9.76. The van der Waals surface area contributed by atoms with Crippen LogP contribution in [0.25, 0.3) is 10.9 Å². The molecular formula is C32H38N6O6S. The van der Waals surface area contributed by atoms with Crippen LogP contribution in [0.1, 0.15) is 24.5 Å². The minimum absolute atomic E-state index is 0.0128. The Kier molecular flexibility index (Phi) is 9.71. The molecule has 0 radical (unpaired) electrons. The highest BCUT2D eigenvalue weighted by Crippen LogP contribution is 2.42. The number of piperidine rings is 3. The number of benzene rings is 2. The lowest BCUT2D eigenvalue weighted by Gasteiger charge is -2.50. The molecule has 12 nitrogen and oxygen atoms in total. The van der Waals surface area contributed by atoms with Crippen molar-refractivity contribution in [2.75, 3.05) is 44.9 Å². The first kappa shape index (κ1) is 31.9. The van der Waals surface area contributed by atoms with Gasteiger partial charge >= 0.3 is 0 Å². The van der Waals surface area contributed by atoms with E-state index in [2.05, 4.69) is 37.2 Å². The number of nitrogens with zero attached hydrogens (tertiary/aromatic N) is 4. The fraction of sp³-hybridized carbons (Fsp3) is 0.344. The van der Waals surface area contributed by atoms with Crippen molar-refractivity contribution in [3.8, 4) is 17.4 Å². The Hall–Kier alpha value is -4.46. The molecule has 238 valence electrons. The number of nitrogens with two attached hydrogens (primary N) is 1. The molecule has 0 amide bonds. The zero-order valence-corrected chi connectivity index (χ0v) is 26.3. The normalized spacial score (nSPS) is 21.2. The number of nitrogen functional groups attached to an aromatic ring is 1. The van der Waals surface area contributed by atoms with Gasteiger partial charge in [-0.2, -0.15) is 4.98 Å². The van der Waals surface area contributed by atoms with Crippen LogP contribution in [-0.4, -0.2) is 73.8 Å². The van der Waals surface area contributed by atoms with Crippen LogP contribution in [0.5, 0.6) is 17.4 Å². The van der Waals surface area contributed by atoms with Crippen LogP contribution in [0.3, 0.4) is 0 Å². The molecule has 3 saturated heterocycles. The Balaban J connectivity index is 0.000000180. The number of pyridine rings is 1. The van der Waals surface area contributed by atoms with Gasteiger partial charge in [0.1, 0.15) is 12.1 Å². The van der Waals surface area contributed by atoms with Crippen LogP contribution in [0.15, 0.2) is 78.6 Å². The maximum atomic E-state index is 12.3. The summed E-state index contributed by atoms with van der Waals surface area (Å²) in [7, 11) is 0.598. The smallest absolute Gasteiger partial charge is 0.263 e. The minimum Gasteiger partial charge on any atom is -0.497 e. The third-order valence-electron chi connectivity index (χ3n) is 8.41. The van der Waals surface area contributed by atoms with Crippen molar-refractivity contribution in [3.63, 3.8) is 0 Å². The Morgan fingerprint density at radius 3 is 2.49 bits per heavy atom. The first-order chi connectivity index (χ1) is 21.7. The van der Waals surface area contributed by atoms with Gasteiger partial charge in [0.05, 0.1) is 37.8 Å². The number of anilines is 2. The summed E-state index contributed by atoms with van der Waals surface area (Å²) >= 11 is 0. The SMILES string of the molecule is C=C[C@H]1C[N@]2CC[C@H]1C[C@H]2[C@H](O)c1ccnc2ccc(OC)cc12.COc1ncnc(NS(=O)(=O)c2ccc(N)cc2)c1OC. The second-order valence-corrected chi connectivity index (χ2v) is 12.6. The van der Waals surface area contributed by atoms with Gasteiger partial charge in [-0.25, -0.2) is 13.4 Å². The standard InChI is InChI=1S/C20H24N2O2.C12H14N4O4S/c1-3-13-12-22-9-7-14(13)10-19(22)20(23)16-6-8-21-18-5-4-15(24-2)11-17(16)18;1-19-10-11(14-7-15-12(10)20-2)16-21(17,18)9-5-3-8(13)4-6-9/h3-6,8,11,13-14,19-20,23H,1,7,9-10,12H2,2H3;3-7H,13H2,1-2H3,(H,14,15,16)/t13-,14-,19-,20+;/m0./s1. The summed E-state index contributed by atoms with van der Waals surface area (Å²) in [5.41, 5.74) is 7.85. The first-order valence-corrected chi connectivity index (χ1v) is 16.0. The van der Waals surface area contributed by atoms with E-state index in [1.54, 1.807) is 13.3 Å². The van der Waals surface area contributed by atoms with E-state index in [1.165, 1.54) is 51.2 Å². The summed E-state index contributed by atoms with van der Waals surface area (Å²) in [6, 6.07) is 13.7. The number of methoxy groups -OCH3 is 3. The molecule has 3 aliphatic heterocycles. The molecule has 3 aliphatic rings. The van der Waals surface area contributed by atoms with E-state index >= 15 is 0 Å². The molecular weight excluding hydrogens is 596 g/mol. The second kappa shape index (κ2) is 13.7. The van der Waals surface area contributed by atoms with Gasteiger partial charge < -0.3 is 25.1 Å². The quantitative estimate of drug-likeness (QED) is 0.180. The van der Waals surface area contributed by atoms with Gasteiger partial charge in [-0.3, -0.25) is 14.6 Å². The predicted molar refractivity (Wildman–Crippen MR) is 172 cm³/mol. The summed E-state index contributed by atoms with van der Waals surface area (Å²) in [6.45, 7) is 6.07. The molecule has 4 aromatic rings. The van der Waals surface area contributed by atoms with Crippen LogP contribution < -0.4 is 24.7 Å². The van der Waals surface area contributed by atoms with Crippen molar-refractivity contribution in [3.05, 3.63) is 79.3 Å². The van der Waals surface area contributed by atoms with Crippen LogP contribution in [0, 0.1) is 11.8 Å². The van der Waals surface area contributed by atoms with Gasteiger partial charge in [0.2, 0.25) is 5.75 Å². The topological polar surface area (TPSA) is 162 Å². The molecule has 0 unspecified atom stereocenters. The molecule has 4 N–H and O–H groups in total. The molecule has 0 saturated carbocycles. The van der Waals surface area contributed by atoms with Gasteiger partial charge in [0, 0.05) is 29.9 Å². The molecule has 7 rings (SSSR count). The maximum Gasteiger partial charge on any atom is 0.263 e. The zero-order chi connectivity index (χ0) is 32.1. The average molecular weight is 635 g/mol. The Morgan fingerprint density at radius 2 is 1.84 bits per heavy atom. The number of nitrogens with one attached hydrogen (secondary N) is 1. The number of sulfonamides is 1. The van der Waals surface area contributed by atoms with E-state index in [-0.39, 0.29) is 28.4 Å². The van der Waals surface area contributed by atoms with Crippen LogP contribution in [-0.2, 0) is 10.0 Å². The van der Waals surface area contributed by atoms with Gasteiger partial charge in [-0.15, -0.1) is 6.58 Å². The van der Waals surface area contributed by atoms with Gasteiger partial charge in [0.15, 0.2) is 5.82 Å². The summed E-state index contributed by atoms with van der Waals surface area (Å²) in [5, 5.41) is 12.1. The fourth-order valence-electron chi connectivity index (χ4n) is 6.04. The van der Waals surface area contributed by atoms with Crippen molar-refractivity contribution in [2.24, 2.45) is 11.8 Å². The molecule has 5 heterocycles. The van der Waals surface area contributed by atoms with E-state index in [4.69, 9.17) is 19.9 Å². The molecule has 0 aliphatic carbocycles. The van der Waals surface area contributed by atoms with Crippen LogP contribution in [0.2, 0.25) is 0 Å². The highest BCUT2D eigenvalue weighted by molar-refractivity contribution is 7.92. The van der Waals surface area contributed by atoms with Crippen molar-refractivity contribution in [1.82, 2.24) is 19.9 Å². The lowest BCUT2D eigenvalue weighted by Crippen LogP contribution is -2.54. The number of rotatable bonds is 9. The van der Waals surface area contributed by atoms with E-state index in [1.807, 2.05) is 24.3 Å². The number of hydrogen-bond acceptors (Lipinski definition) is 11. The van der Waals surface area contributed by atoms with Crippen molar-refractivity contribution < 1.29 is 27.7 Å². The second-order valence-electron chi connectivity index (χ2n) is 10.9.